The van der Waals surface area contributed by atoms with Crippen LogP contribution in [0, 0.1) is 4.77 Å². The highest BCUT2D eigenvalue weighted by molar-refractivity contribution is 7.71. The highest BCUT2D eigenvalue weighted by Crippen LogP contribution is 2.27. The van der Waals surface area contributed by atoms with E-state index < -0.39 is 12.4 Å². The number of H-pyrrole nitrogens is 1. The molecule has 1 atom stereocenters. The lowest BCUT2D eigenvalue weighted by molar-refractivity contribution is -0.274. The Morgan fingerprint density at radius 3 is 2.62 bits per heavy atom. The number of likely N-dealkylation sites (N-methyl/N-ethyl adjacent to an activating group) is 1. The van der Waals surface area contributed by atoms with Crippen LogP contribution < -0.4 is 4.74 Å². The zero-order valence-corrected chi connectivity index (χ0v) is 17.1. The van der Waals surface area contributed by atoms with Crippen molar-refractivity contribution in [3.63, 3.8) is 0 Å². The predicted molar refractivity (Wildman–Crippen MR) is 105 cm³/mol. The van der Waals surface area contributed by atoms with E-state index in [1.54, 1.807) is 18.5 Å². The maximum Gasteiger partial charge on any atom is 0.573 e. The van der Waals surface area contributed by atoms with Gasteiger partial charge in [0, 0.05) is 13.6 Å². The number of hydrogen-bond acceptors (Lipinski definition) is 5. The number of hydrogen-bond donors (Lipinski definition) is 1. The second kappa shape index (κ2) is 8.37. The van der Waals surface area contributed by atoms with Gasteiger partial charge >= 0.3 is 6.36 Å². The molecule has 3 aromatic rings. The molecule has 0 fully saturated rings. The standard InChI is InChI=1S/C18H17F3N4O2S2/c1-11(25-15(22-23-17(25)28)14-4-3-9-29-14)16(26)24(2)10-12-5-7-13(8-6-12)27-18(19,20)21/h3-9,11H,10H2,1-2H3,(H,23,28). The number of carbonyl (C=O) groups excluding carboxylic acids is 1. The molecule has 1 amide bonds. The SMILES string of the molecule is CC(C(=O)N(C)Cc1ccc(OC(F)(F)F)cc1)n1c(-c2cccs2)n[nH]c1=S. The lowest BCUT2D eigenvalue weighted by Crippen LogP contribution is -2.33. The molecule has 0 aliphatic carbocycles. The van der Waals surface area contributed by atoms with Crippen molar-refractivity contribution in [2.45, 2.75) is 25.9 Å². The molecule has 0 saturated carbocycles. The topological polar surface area (TPSA) is 63.1 Å². The van der Waals surface area contributed by atoms with Gasteiger partial charge in [0.05, 0.1) is 4.88 Å². The number of nitrogens with one attached hydrogen (secondary N) is 1. The zero-order valence-electron chi connectivity index (χ0n) is 15.4. The summed E-state index contributed by atoms with van der Waals surface area (Å²) in [6.07, 6.45) is -4.74. The van der Waals surface area contributed by atoms with Crippen molar-refractivity contribution >= 4 is 29.5 Å². The Balaban J connectivity index is 1.72. The fourth-order valence-corrected chi connectivity index (χ4v) is 3.82. The minimum atomic E-state index is -4.74. The van der Waals surface area contributed by atoms with Gasteiger partial charge in [-0.3, -0.25) is 14.5 Å². The maximum absolute atomic E-state index is 12.9. The molecule has 0 radical (unpaired) electrons. The maximum atomic E-state index is 12.9. The summed E-state index contributed by atoms with van der Waals surface area (Å²) >= 11 is 6.77. The number of aromatic nitrogens is 3. The minimum Gasteiger partial charge on any atom is -0.406 e. The summed E-state index contributed by atoms with van der Waals surface area (Å²) in [7, 11) is 1.62. The molecule has 29 heavy (non-hydrogen) atoms. The summed E-state index contributed by atoms with van der Waals surface area (Å²) in [6, 6.07) is 8.55. The Hall–Kier alpha value is -2.66. The van der Waals surface area contributed by atoms with Crippen LogP contribution >= 0.6 is 23.6 Å². The summed E-state index contributed by atoms with van der Waals surface area (Å²) < 4.78 is 42.6. The van der Waals surface area contributed by atoms with Gasteiger partial charge in [0.25, 0.3) is 0 Å². The van der Waals surface area contributed by atoms with Crippen molar-refractivity contribution in [1.29, 1.82) is 0 Å². The number of rotatable bonds is 6. The first kappa shape index (κ1) is 21.1. The molecule has 2 heterocycles. The molecule has 0 saturated heterocycles. The molecule has 0 bridgehead atoms. The average molecular weight is 442 g/mol. The number of nitrogens with zero attached hydrogens (tertiary/aromatic N) is 3. The van der Waals surface area contributed by atoms with Crippen LogP contribution in [0.5, 0.6) is 5.75 Å². The summed E-state index contributed by atoms with van der Waals surface area (Å²) in [6.45, 7) is 1.94. The smallest absolute Gasteiger partial charge is 0.406 e. The molecule has 11 heteroatoms. The number of carbonyl (C=O) groups is 1. The minimum absolute atomic E-state index is 0.212. The lowest BCUT2D eigenvalue weighted by Gasteiger charge is -2.23. The van der Waals surface area contributed by atoms with Crippen LogP contribution in [-0.4, -0.2) is 39.0 Å². The fourth-order valence-electron chi connectivity index (χ4n) is 2.82. The Kier molecular flexibility index (Phi) is 6.08. The van der Waals surface area contributed by atoms with Gasteiger partial charge < -0.3 is 9.64 Å². The molecule has 3 rings (SSSR count). The van der Waals surface area contributed by atoms with Crippen molar-refractivity contribution in [3.05, 3.63) is 52.1 Å². The van der Waals surface area contributed by atoms with Gasteiger partial charge in [-0.2, -0.15) is 5.10 Å². The van der Waals surface area contributed by atoms with Gasteiger partial charge in [-0.1, -0.05) is 18.2 Å². The van der Waals surface area contributed by atoms with E-state index in [-0.39, 0.29) is 18.2 Å². The molecule has 1 unspecified atom stereocenters. The number of thiophene rings is 1. The zero-order chi connectivity index (χ0) is 21.2. The predicted octanol–water partition coefficient (Wildman–Crippen LogP) is 4.79. The largest absolute Gasteiger partial charge is 0.573 e. The van der Waals surface area contributed by atoms with E-state index in [1.165, 1.54) is 40.5 Å². The van der Waals surface area contributed by atoms with Crippen LogP contribution in [0.2, 0.25) is 0 Å². The number of amides is 1. The second-order valence-electron chi connectivity index (χ2n) is 6.26. The molecule has 0 spiro atoms. The molecule has 0 aliphatic heterocycles. The van der Waals surface area contributed by atoms with Crippen molar-refractivity contribution in [3.8, 4) is 16.5 Å². The first-order chi connectivity index (χ1) is 13.7. The van der Waals surface area contributed by atoms with Crippen molar-refractivity contribution in [1.82, 2.24) is 19.7 Å². The van der Waals surface area contributed by atoms with Gasteiger partial charge in [0.2, 0.25) is 5.91 Å². The van der Waals surface area contributed by atoms with Crippen LogP contribution in [0.15, 0.2) is 41.8 Å². The number of benzene rings is 1. The van der Waals surface area contributed by atoms with Gasteiger partial charge in [-0.05, 0) is 48.3 Å². The summed E-state index contributed by atoms with van der Waals surface area (Å²) in [5.74, 6) is 0.0534. The molecular weight excluding hydrogens is 425 g/mol. The summed E-state index contributed by atoms with van der Waals surface area (Å²) in [5, 5.41) is 8.85. The number of aromatic amines is 1. The molecule has 154 valence electrons. The van der Waals surface area contributed by atoms with Gasteiger partial charge in [0.1, 0.15) is 11.8 Å². The molecule has 1 N–H and O–H groups in total. The third-order valence-electron chi connectivity index (χ3n) is 4.14. The molecular formula is C18H17F3N4O2S2. The Labute approximate surface area is 173 Å². The number of alkyl halides is 3. The fraction of sp³-hybridized carbons (Fsp3) is 0.278. The van der Waals surface area contributed by atoms with E-state index in [4.69, 9.17) is 12.2 Å². The quantitative estimate of drug-likeness (QED) is 0.558. The summed E-state index contributed by atoms with van der Waals surface area (Å²) in [4.78, 5) is 15.3. The van der Waals surface area contributed by atoms with Gasteiger partial charge in [-0.25, -0.2) is 0 Å². The molecule has 2 aromatic heterocycles. The highest BCUT2D eigenvalue weighted by Gasteiger charge is 2.31. The summed E-state index contributed by atoms with van der Waals surface area (Å²) in [5.41, 5.74) is 0.664. The van der Waals surface area contributed by atoms with Gasteiger partial charge in [0.15, 0.2) is 10.6 Å². The van der Waals surface area contributed by atoms with E-state index in [9.17, 15) is 18.0 Å². The third-order valence-corrected chi connectivity index (χ3v) is 5.30. The van der Waals surface area contributed by atoms with E-state index in [2.05, 4.69) is 14.9 Å². The average Bonchev–Trinajstić information content (AvgIpc) is 3.30. The second-order valence-corrected chi connectivity index (χ2v) is 7.60. The molecule has 6 nitrogen and oxygen atoms in total. The van der Waals surface area contributed by atoms with Crippen LogP contribution in [-0.2, 0) is 11.3 Å². The van der Waals surface area contributed by atoms with E-state index in [0.29, 0.717) is 16.2 Å². The Morgan fingerprint density at radius 2 is 2.03 bits per heavy atom. The van der Waals surface area contributed by atoms with E-state index in [1.807, 2.05) is 17.5 Å². The van der Waals surface area contributed by atoms with Crippen LogP contribution in [0.3, 0.4) is 0 Å². The normalized spacial score (nSPS) is 12.6. The lowest BCUT2D eigenvalue weighted by atomic mass is 10.2. The van der Waals surface area contributed by atoms with E-state index >= 15 is 0 Å². The van der Waals surface area contributed by atoms with Crippen molar-refractivity contribution < 1.29 is 22.7 Å². The van der Waals surface area contributed by atoms with Crippen LogP contribution in [0.4, 0.5) is 13.2 Å². The van der Waals surface area contributed by atoms with E-state index in [0.717, 1.165) is 4.88 Å². The Bertz CT molecular complexity index is 1030. The number of ether oxygens (including phenoxy) is 1. The first-order valence-electron chi connectivity index (χ1n) is 8.46. The first-order valence-corrected chi connectivity index (χ1v) is 9.75. The molecule has 1 aromatic carbocycles. The number of halogens is 3. The van der Waals surface area contributed by atoms with Crippen molar-refractivity contribution in [2.24, 2.45) is 0 Å². The highest BCUT2D eigenvalue weighted by atomic mass is 32.1. The monoisotopic (exact) mass is 442 g/mol. The van der Waals surface area contributed by atoms with Crippen LogP contribution in [0.25, 0.3) is 10.7 Å². The third kappa shape index (κ3) is 5.04. The Morgan fingerprint density at radius 1 is 1.34 bits per heavy atom. The van der Waals surface area contributed by atoms with Crippen LogP contribution in [0.1, 0.15) is 18.5 Å². The van der Waals surface area contributed by atoms with Crippen molar-refractivity contribution in [2.75, 3.05) is 7.05 Å². The molecule has 0 aliphatic rings. The van der Waals surface area contributed by atoms with Gasteiger partial charge in [-0.15, -0.1) is 24.5 Å².